The van der Waals surface area contributed by atoms with Gasteiger partial charge >= 0.3 is 6.03 Å². The fraction of sp³-hybridized carbons (Fsp3) is 0.0800. The molecule has 0 spiro atoms. The Kier molecular flexibility index (Phi) is 7.45. The molecule has 0 saturated carbocycles. The van der Waals surface area contributed by atoms with Crippen LogP contribution in [0.4, 0.5) is 10.5 Å². The summed E-state index contributed by atoms with van der Waals surface area (Å²) in [6.45, 7) is 0.243. The Balaban J connectivity index is 1.59. The van der Waals surface area contributed by atoms with E-state index in [2.05, 4.69) is 21.2 Å². The highest BCUT2D eigenvalue weighted by atomic mass is 79.9. The Bertz CT molecular complexity index is 1320. The van der Waals surface area contributed by atoms with Gasteiger partial charge in [0.2, 0.25) is 0 Å². The van der Waals surface area contributed by atoms with Crippen molar-refractivity contribution in [2.24, 2.45) is 0 Å². The maximum atomic E-state index is 13.1. The van der Waals surface area contributed by atoms with Crippen molar-refractivity contribution in [2.75, 3.05) is 12.0 Å². The molecule has 3 aromatic carbocycles. The maximum Gasteiger partial charge on any atom is 0.335 e. The minimum Gasteiger partial charge on any atom is -0.497 e. The second-order valence-corrected chi connectivity index (χ2v) is 9.11. The number of amides is 4. The highest BCUT2D eigenvalue weighted by Gasteiger charge is 2.36. The van der Waals surface area contributed by atoms with Gasteiger partial charge in [-0.3, -0.25) is 14.9 Å². The molecule has 3 aromatic rings. The number of hydrogen-bond donors (Lipinski definition) is 1. The van der Waals surface area contributed by atoms with Crippen LogP contribution in [0.1, 0.15) is 11.1 Å². The van der Waals surface area contributed by atoms with Crippen molar-refractivity contribution < 1.29 is 23.9 Å². The fourth-order valence-electron chi connectivity index (χ4n) is 3.33. The molecular weight excluding hydrogens is 559 g/mol. The Labute approximate surface area is 219 Å². The minimum absolute atomic E-state index is 0.202. The lowest BCUT2D eigenvalue weighted by molar-refractivity contribution is -0.122. The van der Waals surface area contributed by atoms with E-state index in [1.54, 1.807) is 12.1 Å². The Morgan fingerprint density at radius 1 is 0.971 bits per heavy atom. The summed E-state index contributed by atoms with van der Waals surface area (Å²) < 4.78 is 11.8. The largest absolute Gasteiger partial charge is 0.497 e. The molecule has 7 nitrogen and oxygen atoms in total. The lowest BCUT2D eigenvalue weighted by Gasteiger charge is -2.26. The molecule has 10 heteroatoms. The van der Waals surface area contributed by atoms with Gasteiger partial charge in [-0.25, -0.2) is 9.69 Å². The second-order valence-electron chi connectivity index (χ2n) is 7.38. The molecule has 0 unspecified atom stereocenters. The van der Waals surface area contributed by atoms with Crippen molar-refractivity contribution in [3.8, 4) is 11.5 Å². The Morgan fingerprint density at radius 3 is 2.20 bits per heavy atom. The highest BCUT2D eigenvalue weighted by Crippen LogP contribution is 2.36. The predicted octanol–water partition coefficient (Wildman–Crippen LogP) is 6.01. The molecule has 1 aliphatic rings. The summed E-state index contributed by atoms with van der Waals surface area (Å²) in [4.78, 5) is 38.8. The van der Waals surface area contributed by atoms with Gasteiger partial charge in [0.15, 0.2) is 5.75 Å². The van der Waals surface area contributed by atoms with Gasteiger partial charge in [0, 0.05) is 4.47 Å². The van der Waals surface area contributed by atoms with E-state index < -0.39 is 17.8 Å². The quantitative estimate of drug-likeness (QED) is 0.287. The van der Waals surface area contributed by atoms with Crippen LogP contribution in [-0.2, 0) is 16.2 Å². The number of rotatable bonds is 6. The maximum absolute atomic E-state index is 13.1. The number of imide groups is 2. The van der Waals surface area contributed by atoms with E-state index in [-0.39, 0.29) is 33.7 Å². The smallest absolute Gasteiger partial charge is 0.335 e. The van der Waals surface area contributed by atoms with Gasteiger partial charge in [-0.2, -0.15) is 0 Å². The second kappa shape index (κ2) is 10.5. The standard InChI is InChI=1S/C25H17BrCl2N2O5/c1-34-18-8-6-17(7-9-18)30-24(32)19(23(31)29-25(30)33)10-15-11-20(27)22(21(28)12-15)35-13-14-2-4-16(26)5-3-14/h2-12H,13H2,1H3,(H,29,31,33)/b19-10+. The number of anilines is 1. The molecule has 1 N–H and O–H groups in total. The van der Waals surface area contributed by atoms with Crippen LogP contribution >= 0.6 is 39.1 Å². The van der Waals surface area contributed by atoms with Crippen molar-refractivity contribution in [2.45, 2.75) is 6.61 Å². The Hall–Kier alpha value is -3.33. The normalized spacial score (nSPS) is 14.8. The number of carbonyl (C=O) groups is 3. The average Bonchev–Trinajstić information content (AvgIpc) is 2.82. The topological polar surface area (TPSA) is 84.9 Å². The first-order chi connectivity index (χ1) is 16.8. The molecule has 178 valence electrons. The molecule has 0 aliphatic carbocycles. The van der Waals surface area contributed by atoms with Gasteiger partial charge in [0.05, 0.1) is 22.8 Å². The van der Waals surface area contributed by atoms with Crippen molar-refractivity contribution in [1.82, 2.24) is 5.32 Å². The van der Waals surface area contributed by atoms with Crippen LogP contribution in [0.15, 0.2) is 70.7 Å². The molecule has 4 amide bonds. The third-order valence-electron chi connectivity index (χ3n) is 5.06. The lowest BCUT2D eigenvalue weighted by Crippen LogP contribution is -2.54. The minimum atomic E-state index is -0.852. The first-order valence-electron chi connectivity index (χ1n) is 10.2. The number of urea groups is 1. The van der Waals surface area contributed by atoms with Crippen LogP contribution < -0.4 is 19.7 Å². The summed E-state index contributed by atoms with van der Waals surface area (Å²) in [5, 5.41) is 2.58. The zero-order chi connectivity index (χ0) is 25.1. The van der Waals surface area contributed by atoms with Crippen molar-refractivity contribution >= 4 is 68.7 Å². The molecular formula is C25H17BrCl2N2O5. The monoisotopic (exact) mass is 574 g/mol. The highest BCUT2D eigenvalue weighted by molar-refractivity contribution is 9.10. The molecule has 0 atom stereocenters. The van der Waals surface area contributed by atoms with Crippen LogP contribution in [0.25, 0.3) is 6.08 Å². The molecule has 35 heavy (non-hydrogen) atoms. The first-order valence-corrected chi connectivity index (χ1v) is 11.7. The van der Waals surface area contributed by atoms with E-state index in [4.69, 9.17) is 32.7 Å². The van der Waals surface area contributed by atoms with Gasteiger partial charge in [0.1, 0.15) is 17.9 Å². The van der Waals surface area contributed by atoms with Gasteiger partial charge in [-0.15, -0.1) is 0 Å². The number of benzene rings is 3. The van der Waals surface area contributed by atoms with E-state index in [0.717, 1.165) is 14.9 Å². The van der Waals surface area contributed by atoms with Gasteiger partial charge in [-0.1, -0.05) is 51.3 Å². The summed E-state index contributed by atoms with van der Waals surface area (Å²) in [6.07, 6.45) is 1.32. The molecule has 1 saturated heterocycles. The van der Waals surface area contributed by atoms with Gasteiger partial charge in [0.25, 0.3) is 11.8 Å². The van der Waals surface area contributed by atoms with E-state index in [9.17, 15) is 14.4 Å². The SMILES string of the molecule is COc1ccc(N2C(=O)NC(=O)/C(=C\c3cc(Cl)c(OCc4ccc(Br)cc4)c(Cl)c3)C2=O)cc1. The van der Waals surface area contributed by atoms with Crippen molar-refractivity contribution in [3.05, 3.63) is 91.9 Å². The lowest BCUT2D eigenvalue weighted by atomic mass is 10.1. The number of hydrogen-bond acceptors (Lipinski definition) is 5. The zero-order valence-electron chi connectivity index (χ0n) is 18.2. The molecule has 0 aromatic heterocycles. The van der Waals surface area contributed by atoms with Gasteiger partial charge < -0.3 is 9.47 Å². The number of nitrogens with zero attached hydrogens (tertiary/aromatic N) is 1. The number of methoxy groups -OCH3 is 1. The molecule has 1 aliphatic heterocycles. The molecule has 0 bridgehead atoms. The summed E-state index contributed by atoms with van der Waals surface area (Å²) >= 11 is 16.1. The van der Waals surface area contributed by atoms with E-state index in [1.165, 1.54) is 37.5 Å². The van der Waals surface area contributed by atoms with Crippen LogP contribution in [0.3, 0.4) is 0 Å². The summed E-state index contributed by atoms with van der Waals surface area (Å²) in [6, 6.07) is 16.0. The van der Waals surface area contributed by atoms with Crippen LogP contribution in [-0.4, -0.2) is 25.0 Å². The molecule has 0 radical (unpaired) electrons. The van der Waals surface area contributed by atoms with Crippen LogP contribution in [0, 0.1) is 0 Å². The Morgan fingerprint density at radius 2 is 1.60 bits per heavy atom. The van der Waals surface area contributed by atoms with Crippen molar-refractivity contribution in [1.29, 1.82) is 0 Å². The number of carbonyl (C=O) groups excluding carboxylic acids is 3. The summed E-state index contributed by atoms with van der Waals surface area (Å²) in [5.41, 5.74) is 1.33. The van der Waals surface area contributed by atoms with E-state index >= 15 is 0 Å². The third kappa shape index (κ3) is 5.51. The summed E-state index contributed by atoms with van der Waals surface area (Å²) in [5.74, 6) is -0.788. The fourth-order valence-corrected chi connectivity index (χ4v) is 4.20. The van der Waals surface area contributed by atoms with Crippen LogP contribution in [0.2, 0.25) is 10.0 Å². The molecule has 1 heterocycles. The van der Waals surface area contributed by atoms with E-state index in [0.29, 0.717) is 11.3 Å². The molecule has 1 fully saturated rings. The average molecular weight is 576 g/mol. The first kappa shape index (κ1) is 24.8. The number of nitrogens with one attached hydrogen (secondary N) is 1. The van der Waals surface area contributed by atoms with Crippen LogP contribution in [0.5, 0.6) is 11.5 Å². The third-order valence-corrected chi connectivity index (χ3v) is 6.15. The molecule has 4 rings (SSSR count). The number of barbiturate groups is 1. The van der Waals surface area contributed by atoms with E-state index in [1.807, 2.05) is 24.3 Å². The predicted molar refractivity (Wildman–Crippen MR) is 137 cm³/mol. The summed E-state index contributed by atoms with van der Waals surface area (Å²) in [7, 11) is 1.50. The number of halogens is 3. The number of ether oxygens (including phenoxy) is 2. The zero-order valence-corrected chi connectivity index (χ0v) is 21.3. The van der Waals surface area contributed by atoms with Crippen molar-refractivity contribution in [3.63, 3.8) is 0 Å². The van der Waals surface area contributed by atoms with Gasteiger partial charge in [-0.05, 0) is 65.7 Å².